The van der Waals surface area contributed by atoms with Gasteiger partial charge in [-0.25, -0.2) is 4.99 Å². The normalized spacial score (nSPS) is 28.5. The minimum Gasteiger partial charge on any atom is -0.462 e. The minimum atomic E-state index is -0.146. The van der Waals surface area contributed by atoms with E-state index in [9.17, 15) is 0 Å². The van der Waals surface area contributed by atoms with Gasteiger partial charge < -0.3 is 15.5 Å². The van der Waals surface area contributed by atoms with Gasteiger partial charge in [0.1, 0.15) is 23.7 Å². The number of rotatable bonds is 5. The van der Waals surface area contributed by atoms with E-state index in [0.717, 1.165) is 41.7 Å². The fraction of sp³-hybridized carbons (Fsp3) is 0.480. The standard InChI is InChI=1S/C25H32N4O/c1-17-8-12-20(13-9-17)29-25-23(18(2)27-16-28-25)24(26)19-10-14-22(15-11-19)30-21-6-4-3-5-7-21/h3-4,6,10-11,14-18,20,23,26H,5,7-9,12-13H2,1-2H3,(H,27,28,29). The highest BCUT2D eigenvalue weighted by Crippen LogP contribution is 2.26. The maximum atomic E-state index is 8.90. The molecule has 4 rings (SSSR count). The maximum Gasteiger partial charge on any atom is 0.126 e. The molecule has 158 valence electrons. The zero-order valence-corrected chi connectivity index (χ0v) is 18.0. The molecule has 5 heteroatoms. The number of amidine groups is 1. The van der Waals surface area contributed by atoms with E-state index in [1.165, 1.54) is 25.7 Å². The summed E-state index contributed by atoms with van der Waals surface area (Å²) in [5.74, 6) is 3.35. The van der Waals surface area contributed by atoms with Crippen LogP contribution in [0, 0.1) is 17.2 Å². The molecule has 1 saturated carbocycles. The van der Waals surface area contributed by atoms with Crippen LogP contribution in [-0.2, 0) is 0 Å². The Bertz CT molecular complexity index is 873. The Balaban J connectivity index is 1.44. The van der Waals surface area contributed by atoms with Crippen LogP contribution in [0.15, 0.2) is 58.2 Å². The highest BCUT2D eigenvalue weighted by molar-refractivity contribution is 6.15. The predicted molar refractivity (Wildman–Crippen MR) is 124 cm³/mol. The van der Waals surface area contributed by atoms with Gasteiger partial charge in [0.15, 0.2) is 0 Å². The van der Waals surface area contributed by atoms with Crippen LogP contribution in [0.2, 0.25) is 0 Å². The van der Waals surface area contributed by atoms with E-state index < -0.39 is 0 Å². The summed E-state index contributed by atoms with van der Waals surface area (Å²) < 4.78 is 5.97. The molecular formula is C25H32N4O. The van der Waals surface area contributed by atoms with Gasteiger partial charge in [-0.1, -0.05) is 19.1 Å². The highest BCUT2D eigenvalue weighted by atomic mass is 16.5. The monoisotopic (exact) mass is 404 g/mol. The van der Waals surface area contributed by atoms with Crippen molar-refractivity contribution in [3.8, 4) is 5.75 Å². The lowest BCUT2D eigenvalue weighted by molar-refractivity contribution is 0.329. The van der Waals surface area contributed by atoms with E-state index in [1.807, 2.05) is 36.4 Å². The van der Waals surface area contributed by atoms with Crippen molar-refractivity contribution < 1.29 is 4.74 Å². The molecule has 0 bridgehead atoms. The first kappa shape index (κ1) is 20.6. The predicted octanol–water partition coefficient (Wildman–Crippen LogP) is 5.28. The van der Waals surface area contributed by atoms with Crippen molar-refractivity contribution in [2.45, 2.75) is 64.5 Å². The summed E-state index contributed by atoms with van der Waals surface area (Å²) in [5.41, 5.74) is 1.45. The molecular weight excluding hydrogens is 372 g/mol. The van der Waals surface area contributed by atoms with Gasteiger partial charge in [-0.3, -0.25) is 4.99 Å². The first-order valence-electron chi connectivity index (χ1n) is 11.2. The molecule has 0 aromatic heterocycles. The third kappa shape index (κ3) is 4.89. The number of nitrogens with zero attached hydrogens (tertiary/aromatic N) is 2. The molecule has 1 aromatic rings. The van der Waals surface area contributed by atoms with E-state index in [0.29, 0.717) is 11.8 Å². The van der Waals surface area contributed by atoms with Gasteiger partial charge in [-0.15, -0.1) is 0 Å². The largest absolute Gasteiger partial charge is 0.462 e. The van der Waals surface area contributed by atoms with Crippen molar-refractivity contribution in [3.63, 3.8) is 0 Å². The first-order chi connectivity index (χ1) is 14.6. The average molecular weight is 405 g/mol. The summed E-state index contributed by atoms with van der Waals surface area (Å²) >= 11 is 0. The number of nitrogens with one attached hydrogen (secondary N) is 2. The van der Waals surface area contributed by atoms with Crippen molar-refractivity contribution in [2.24, 2.45) is 21.8 Å². The number of ether oxygens (including phenoxy) is 1. The van der Waals surface area contributed by atoms with Crippen LogP contribution in [0.1, 0.15) is 57.9 Å². The molecule has 1 aromatic carbocycles. The minimum absolute atomic E-state index is 0.00452. The zero-order valence-electron chi connectivity index (χ0n) is 18.0. The van der Waals surface area contributed by atoms with Crippen molar-refractivity contribution in [1.29, 1.82) is 5.41 Å². The molecule has 2 aliphatic carbocycles. The Morgan fingerprint density at radius 1 is 1.10 bits per heavy atom. The van der Waals surface area contributed by atoms with Crippen LogP contribution >= 0.6 is 0 Å². The van der Waals surface area contributed by atoms with Gasteiger partial charge in [0.05, 0.1) is 17.7 Å². The van der Waals surface area contributed by atoms with Crippen LogP contribution in [0.5, 0.6) is 5.75 Å². The Hall–Kier alpha value is -2.69. The van der Waals surface area contributed by atoms with Gasteiger partial charge in [-0.05, 0) is 80.9 Å². The van der Waals surface area contributed by atoms with Gasteiger partial charge in [0.2, 0.25) is 0 Å². The second kappa shape index (κ2) is 9.41. The van der Waals surface area contributed by atoms with Crippen molar-refractivity contribution in [2.75, 3.05) is 0 Å². The summed E-state index contributed by atoms with van der Waals surface area (Å²) in [4.78, 5) is 9.03. The van der Waals surface area contributed by atoms with Gasteiger partial charge in [0.25, 0.3) is 0 Å². The number of aliphatic imine (C=N–C) groups is 2. The van der Waals surface area contributed by atoms with Crippen LogP contribution in [0.3, 0.4) is 0 Å². The molecule has 2 atom stereocenters. The molecule has 1 aliphatic heterocycles. The molecule has 0 amide bonds. The average Bonchev–Trinajstić information content (AvgIpc) is 2.76. The second-order valence-corrected chi connectivity index (χ2v) is 8.74. The molecule has 0 radical (unpaired) electrons. The van der Waals surface area contributed by atoms with E-state index >= 15 is 0 Å². The molecule has 1 heterocycles. The third-order valence-electron chi connectivity index (χ3n) is 6.34. The Kier molecular flexibility index (Phi) is 6.46. The van der Waals surface area contributed by atoms with Crippen LogP contribution in [0.25, 0.3) is 0 Å². The number of benzene rings is 1. The van der Waals surface area contributed by atoms with Gasteiger partial charge in [-0.2, -0.15) is 0 Å². The lowest BCUT2D eigenvalue weighted by atomic mass is 9.85. The van der Waals surface area contributed by atoms with Crippen molar-refractivity contribution in [3.05, 3.63) is 53.8 Å². The van der Waals surface area contributed by atoms with Crippen LogP contribution in [-0.4, -0.2) is 30.0 Å². The highest BCUT2D eigenvalue weighted by Gasteiger charge is 2.32. The maximum absolute atomic E-state index is 8.90. The molecule has 1 fully saturated rings. The lowest BCUT2D eigenvalue weighted by Gasteiger charge is -2.33. The van der Waals surface area contributed by atoms with Gasteiger partial charge in [0, 0.05) is 12.5 Å². The number of hydrogen-bond acceptors (Lipinski definition) is 5. The van der Waals surface area contributed by atoms with Crippen molar-refractivity contribution >= 4 is 17.9 Å². The molecule has 30 heavy (non-hydrogen) atoms. The van der Waals surface area contributed by atoms with E-state index in [4.69, 9.17) is 10.1 Å². The number of hydrogen-bond donors (Lipinski definition) is 2. The lowest BCUT2D eigenvalue weighted by Crippen LogP contribution is -2.47. The SMILES string of the molecule is CC1CCC(NC2=NC=NC(C)C2C(=N)c2ccc(OC3=CC=CCC3)cc2)CC1. The fourth-order valence-electron chi connectivity index (χ4n) is 4.41. The summed E-state index contributed by atoms with van der Waals surface area (Å²) in [6, 6.07) is 8.29. The molecule has 0 spiro atoms. The summed E-state index contributed by atoms with van der Waals surface area (Å²) in [6.07, 6.45) is 14.6. The van der Waals surface area contributed by atoms with Crippen molar-refractivity contribution in [1.82, 2.24) is 5.32 Å². The molecule has 3 aliphatic rings. The quantitative estimate of drug-likeness (QED) is 0.656. The Labute approximate surface area is 179 Å². The fourth-order valence-corrected chi connectivity index (χ4v) is 4.41. The molecule has 5 nitrogen and oxygen atoms in total. The second-order valence-electron chi connectivity index (χ2n) is 8.74. The molecule has 2 unspecified atom stereocenters. The Morgan fingerprint density at radius 2 is 1.87 bits per heavy atom. The summed E-state index contributed by atoms with van der Waals surface area (Å²) in [5, 5.41) is 12.6. The van der Waals surface area contributed by atoms with Gasteiger partial charge >= 0.3 is 0 Å². The smallest absolute Gasteiger partial charge is 0.126 e. The number of allylic oxidation sites excluding steroid dienone is 4. The topological polar surface area (TPSA) is 69.8 Å². The molecule has 2 N–H and O–H groups in total. The van der Waals surface area contributed by atoms with E-state index in [1.54, 1.807) is 6.34 Å². The van der Waals surface area contributed by atoms with Crippen LogP contribution in [0.4, 0.5) is 0 Å². The summed E-state index contributed by atoms with van der Waals surface area (Å²) in [7, 11) is 0. The van der Waals surface area contributed by atoms with E-state index in [-0.39, 0.29) is 12.0 Å². The molecule has 0 saturated heterocycles. The summed E-state index contributed by atoms with van der Waals surface area (Å²) in [6.45, 7) is 4.39. The third-order valence-corrected chi connectivity index (χ3v) is 6.34. The van der Waals surface area contributed by atoms with Crippen LogP contribution < -0.4 is 10.1 Å². The Morgan fingerprint density at radius 3 is 2.57 bits per heavy atom. The zero-order chi connectivity index (χ0) is 20.9. The van der Waals surface area contributed by atoms with E-state index in [2.05, 4.69) is 35.2 Å². The first-order valence-corrected chi connectivity index (χ1v) is 11.2.